The van der Waals surface area contributed by atoms with Crippen LogP contribution in [0.4, 0.5) is 10.2 Å². The smallest absolute Gasteiger partial charge is 0.273 e. The number of benzene rings is 1. The third-order valence-corrected chi connectivity index (χ3v) is 6.89. The summed E-state index contributed by atoms with van der Waals surface area (Å²) in [6.07, 6.45) is 5.88. The monoisotopic (exact) mass is 505 g/mol. The van der Waals surface area contributed by atoms with Crippen molar-refractivity contribution in [2.75, 3.05) is 5.32 Å². The SMILES string of the molecule is CC(C)(C)c1cc(C(=O)NCc2ccc(-c3ccnc4[nH]nc(N[C@H]5CCCC[C@@H]5N)c34)cc2F)no1. The minimum atomic E-state index is -0.425. The number of nitrogens with two attached hydrogens (primary N) is 1. The van der Waals surface area contributed by atoms with Gasteiger partial charge in [-0.3, -0.25) is 9.89 Å². The molecule has 0 spiro atoms. The van der Waals surface area contributed by atoms with Crippen molar-refractivity contribution < 1.29 is 13.7 Å². The number of carbonyl (C=O) groups is 1. The Kier molecular flexibility index (Phi) is 6.68. The Hall–Kier alpha value is -3.79. The van der Waals surface area contributed by atoms with Gasteiger partial charge in [0.15, 0.2) is 17.2 Å². The molecule has 9 nitrogen and oxygen atoms in total. The van der Waals surface area contributed by atoms with Gasteiger partial charge in [-0.2, -0.15) is 5.10 Å². The number of fused-ring (bicyclic) bond motifs is 1. The molecule has 1 fully saturated rings. The number of hydrogen-bond acceptors (Lipinski definition) is 7. The van der Waals surface area contributed by atoms with E-state index in [0.29, 0.717) is 28.4 Å². The first kappa shape index (κ1) is 24.9. The topological polar surface area (TPSA) is 135 Å². The van der Waals surface area contributed by atoms with Gasteiger partial charge in [0.2, 0.25) is 0 Å². The molecule has 1 aromatic carbocycles. The molecular formula is C27H32FN7O2. The summed E-state index contributed by atoms with van der Waals surface area (Å²) in [5.41, 5.74) is 8.69. The number of pyridine rings is 1. The minimum absolute atomic E-state index is 0.0203. The number of H-pyrrole nitrogens is 1. The molecule has 37 heavy (non-hydrogen) atoms. The number of aromatic nitrogens is 4. The van der Waals surface area contributed by atoms with Crippen LogP contribution in [0.2, 0.25) is 0 Å². The third-order valence-electron chi connectivity index (χ3n) is 6.89. The van der Waals surface area contributed by atoms with Gasteiger partial charge in [-0.25, -0.2) is 9.37 Å². The molecule has 3 aromatic heterocycles. The Labute approximate surface area is 214 Å². The van der Waals surface area contributed by atoms with E-state index in [9.17, 15) is 4.79 Å². The first-order chi connectivity index (χ1) is 17.7. The highest BCUT2D eigenvalue weighted by Gasteiger charge is 2.25. The minimum Gasteiger partial charge on any atom is -0.364 e. The fourth-order valence-corrected chi connectivity index (χ4v) is 4.67. The maximum absolute atomic E-state index is 15.1. The van der Waals surface area contributed by atoms with E-state index in [2.05, 4.69) is 31.0 Å². The predicted octanol–water partition coefficient (Wildman–Crippen LogP) is 4.66. The second-order valence-corrected chi connectivity index (χ2v) is 10.7. The molecule has 5 N–H and O–H groups in total. The number of nitrogens with zero attached hydrogens (tertiary/aromatic N) is 3. The van der Waals surface area contributed by atoms with Crippen molar-refractivity contribution in [2.45, 2.75) is 70.5 Å². The van der Waals surface area contributed by atoms with Gasteiger partial charge in [0.05, 0.1) is 5.39 Å². The van der Waals surface area contributed by atoms with E-state index in [1.807, 2.05) is 32.9 Å². The molecule has 0 radical (unpaired) electrons. The first-order valence-electron chi connectivity index (χ1n) is 12.6. The average Bonchev–Trinajstić information content (AvgIpc) is 3.53. The lowest BCUT2D eigenvalue weighted by Crippen LogP contribution is -2.42. The number of nitrogens with one attached hydrogen (secondary N) is 3. The third kappa shape index (κ3) is 5.20. The number of halogens is 1. The second kappa shape index (κ2) is 9.93. The number of carbonyl (C=O) groups excluding carboxylic acids is 1. The number of hydrogen-bond donors (Lipinski definition) is 4. The number of amides is 1. The Morgan fingerprint density at radius 1 is 1.22 bits per heavy atom. The Morgan fingerprint density at radius 3 is 2.76 bits per heavy atom. The highest BCUT2D eigenvalue weighted by molar-refractivity contribution is 6.00. The molecular weight excluding hydrogens is 473 g/mol. The van der Waals surface area contributed by atoms with E-state index < -0.39 is 11.7 Å². The van der Waals surface area contributed by atoms with Gasteiger partial charge < -0.3 is 20.9 Å². The van der Waals surface area contributed by atoms with Crippen LogP contribution in [-0.4, -0.2) is 38.3 Å². The van der Waals surface area contributed by atoms with Crippen LogP contribution in [0.25, 0.3) is 22.2 Å². The van der Waals surface area contributed by atoms with Crippen LogP contribution < -0.4 is 16.4 Å². The summed E-state index contributed by atoms with van der Waals surface area (Å²) in [4.78, 5) is 16.9. The van der Waals surface area contributed by atoms with Crippen molar-refractivity contribution in [2.24, 2.45) is 5.73 Å². The molecule has 5 rings (SSSR count). The molecule has 2 atom stereocenters. The van der Waals surface area contributed by atoms with Gasteiger partial charge in [0, 0.05) is 41.9 Å². The summed E-state index contributed by atoms with van der Waals surface area (Å²) >= 11 is 0. The molecule has 194 valence electrons. The fourth-order valence-electron chi connectivity index (χ4n) is 4.67. The predicted molar refractivity (Wildman–Crippen MR) is 140 cm³/mol. The van der Waals surface area contributed by atoms with Crippen LogP contribution in [0.3, 0.4) is 0 Å². The van der Waals surface area contributed by atoms with Crippen LogP contribution in [0.1, 0.15) is 68.3 Å². The maximum Gasteiger partial charge on any atom is 0.273 e. The highest BCUT2D eigenvalue weighted by atomic mass is 19.1. The molecule has 1 aliphatic carbocycles. The first-order valence-corrected chi connectivity index (χ1v) is 12.6. The van der Waals surface area contributed by atoms with Crippen molar-refractivity contribution in [3.63, 3.8) is 0 Å². The average molecular weight is 506 g/mol. The van der Waals surface area contributed by atoms with Crippen molar-refractivity contribution in [1.29, 1.82) is 0 Å². The molecule has 0 aliphatic heterocycles. The zero-order valence-corrected chi connectivity index (χ0v) is 21.3. The molecule has 0 bridgehead atoms. The number of rotatable bonds is 6. The zero-order chi connectivity index (χ0) is 26.2. The lowest BCUT2D eigenvalue weighted by atomic mass is 9.91. The van der Waals surface area contributed by atoms with E-state index >= 15 is 4.39 Å². The molecule has 1 aliphatic rings. The lowest BCUT2D eigenvalue weighted by molar-refractivity contribution is 0.0941. The van der Waals surface area contributed by atoms with E-state index in [-0.39, 0.29) is 29.7 Å². The van der Waals surface area contributed by atoms with Crippen LogP contribution in [-0.2, 0) is 12.0 Å². The summed E-state index contributed by atoms with van der Waals surface area (Å²) in [7, 11) is 0. The Morgan fingerprint density at radius 2 is 2.03 bits per heavy atom. The highest BCUT2D eigenvalue weighted by Crippen LogP contribution is 2.33. The summed E-state index contributed by atoms with van der Waals surface area (Å²) in [6.45, 7) is 5.93. The summed E-state index contributed by atoms with van der Waals surface area (Å²) in [5.74, 6) is 0.425. The summed E-state index contributed by atoms with van der Waals surface area (Å²) in [6, 6.07) is 8.61. The molecule has 0 saturated heterocycles. The fraction of sp³-hybridized carbons (Fsp3) is 0.407. The summed E-state index contributed by atoms with van der Waals surface area (Å²) in [5, 5.41) is 18.2. The molecule has 0 unspecified atom stereocenters. The Bertz CT molecular complexity index is 1420. The molecule has 10 heteroatoms. The van der Waals surface area contributed by atoms with Gasteiger partial charge in [-0.1, -0.05) is 50.9 Å². The van der Waals surface area contributed by atoms with Crippen LogP contribution in [0.5, 0.6) is 0 Å². The zero-order valence-electron chi connectivity index (χ0n) is 21.3. The second-order valence-electron chi connectivity index (χ2n) is 10.7. The number of aromatic amines is 1. The molecule has 3 heterocycles. The summed E-state index contributed by atoms with van der Waals surface area (Å²) < 4.78 is 20.4. The molecule has 1 saturated carbocycles. The lowest BCUT2D eigenvalue weighted by Gasteiger charge is -2.29. The van der Waals surface area contributed by atoms with Crippen molar-refractivity contribution in [3.05, 3.63) is 59.4 Å². The quantitative estimate of drug-likeness (QED) is 0.299. The van der Waals surface area contributed by atoms with Crippen molar-refractivity contribution >= 4 is 22.8 Å². The van der Waals surface area contributed by atoms with E-state index in [1.165, 1.54) is 6.07 Å². The van der Waals surface area contributed by atoms with Gasteiger partial charge in [-0.15, -0.1) is 0 Å². The molecule has 1 amide bonds. The standard InChI is InChI=1S/C27H32FN7O2/c1-27(2,3)22-13-21(35-37-22)26(36)31-14-16-9-8-15(12-18(16)28)17-10-11-30-24-23(17)25(34-33-24)32-20-7-5-4-6-19(20)29/h8-13,19-20H,4-7,14,29H2,1-3H3,(H,31,36)(H2,30,32,33,34)/t19-,20-/m0/s1. The molecule has 4 aromatic rings. The van der Waals surface area contributed by atoms with Crippen molar-refractivity contribution in [1.82, 2.24) is 25.7 Å². The van der Waals surface area contributed by atoms with Gasteiger partial charge >= 0.3 is 0 Å². The van der Waals surface area contributed by atoms with Gasteiger partial charge in [-0.05, 0) is 36.1 Å². The van der Waals surface area contributed by atoms with Crippen LogP contribution >= 0.6 is 0 Å². The Balaban J connectivity index is 1.34. The van der Waals surface area contributed by atoms with Crippen LogP contribution in [0, 0.1) is 5.82 Å². The van der Waals surface area contributed by atoms with Crippen LogP contribution in [0.15, 0.2) is 41.1 Å². The normalized spacial score (nSPS) is 18.2. The van der Waals surface area contributed by atoms with E-state index in [4.69, 9.17) is 10.3 Å². The largest absolute Gasteiger partial charge is 0.364 e. The number of anilines is 1. The maximum atomic E-state index is 15.1. The van der Waals surface area contributed by atoms with Gasteiger partial charge in [0.25, 0.3) is 5.91 Å². The van der Waals surface area contributed by atoms with E-state index in [1.54, 1.807) is 18.3 Å². The van der Waals surface area contributed by atoms with Crippen molar-refractivity contribution in [3.8, 4) is 11.1 Å². The van der Waals surface area contributed by atoms with Gasteiger partial charge in [0.1, 0.15) is 11.6 Å². The van der Waals surface area contributed by atoms with E-state index in [0.717, 1.165) is 36.6 Å².